The van der Waals surface area contributed by atoms with Crippen molar-refractivity contribution in [3.05, 3.63) is 23.9 Å². The molecule has 2 fully saturated rings. The molecule has 1 amide bonds. The first-order chi connectivity index (χ1) is 10.6. The van der Waals surface area contributed by atoms with E-state index in [9.17, 15) is 4.79 Å². The van der Waals surface area contributed by atoms with E-state index < -0.39 is 0 Å². The number of fused-ring (bicyclic) bond motifs is 1. The summed E-state index contributed by atoms with van der Waals surface area (Å²) in [6, 6.07) is 3.97. The van der Waals surface area contributed by atoms with Crippen molar-refractivity contribution in [1.29, 1.82) is 0 Å². The molecule has 22 heavy (non-hydrogen) atoms. The van der Waals surface area contributed by atoms with Gasteiger partial charge in [0.15, 0.2) is 0 Å². The number of hydrogen-bond acceptors (Lipinski definition) is 5. The van der Waals surface area contributed by atoms with Crippen molar-refractivity contribution in [3.63, 3.8) is 0 Å². The van der Waals surface area contributed by atoms with Crippen LogP contribution in [-0.2, 0) is 4.79 Å². The topological polar surface area (TPSA) is 69.3 Å². The zero-order valence-corrected chi connectivity index (χ0v) is 13.4. The normalized spacial score (nSPS) is 27.6. The summed E-state index contributed by atoms with van der Waals surface area (Å²) in [6.45, 7) is 6.94. The van der Waals surface area contributed by atoms with E-state index in [1.54, 1.807) is 6.20 Å². The average Bonchev–Trinajstić information content (AvgIpc) is 3.00. The van der Waals surface area contributed by atoms with Crippen LogP contribution in [0.25, 0.3) is 0 Å². The minimum atomic E-state index is -0.240. The van der Waals surface area contributed by atoms with Crippen molar-refractivity contribution in [3.8, 4) is 0 Å². The molecule has 6 heteroatoms. The molecule has 1 aromatic rings. The highest BCUT2D eigenvalue weighted by molar-refractivity contribution is 5.84. The molecular formula is C16H25N5O. The van der Waals surface area contributed by atoms with Gasteiger partial charge in [-0.2, -0.15) is 0 Å². The molecule has 3 rings (SSSR count). The van der Waals surface area contributed by atoms with Crippen LogP contribution in [0.15, 0.2) is 18.3 Å². The van der Waals surface area contributed by atoms with Crippen LogP contribution < -0.4 is 16.0 Å². The highest BCUT2D eigenvalue weighted by Crippen LogP contribution is 2.38. The van der Waals surface area contributed by atoms with Gasteiger partial charge in [-0.3, -0.25) is 4.79 Å². The van der Waals surface area contributed by atoms with E-state index in [1.165, 1.54) is 5.56 Å². The predicted molar refractivity (Wildman–Crippen MR) is 86.8 cm³/mol. The van der Waals surface area contributed by atoms with Crippen molar-refractivity contribution in [2.24, 2.45) is 11.3 Å². The molecule has 0 aromatic carbocycles. The van der Waals surface area contributed by atoms with Crippen molar-refractivity contribution < 1.29 is 4.79 Å². The first kappa shape index (κ1) is 15.2. The van der Waals surface area contributed by atoms with Gasteiger partial charge < -0.3 is 20.9 Å². The summed E-state index contributed by atoms with van der Waals surface area (Å²) in [6.07, 6.45) is 1.79. The lowest BCUT2D eigenvalue weighted by Crippen LogP contribution is -2.48. The van der Waals surface area contributed by atoms with Crippen molar-refractivity contribution in [2.45, 2.75) is 6.92 Å². The molecule has 3 heterocycles. The Morgan fingerprint density at radius 3 is 3.23 bits per heavy atom. The first-order valence-electron chi connectivity index (χ1n) is 7.94. The number of likely N-dealkylation sites (tertiary alicyclic amines) is 1. The number of nitrogens with one attached hydrogen (secondary N) is 3. The maximum absolute atomic E-state index is 12.6. The zero-order chi connectivity index (χ0) is 15.6. The number of aromatic nitrogens is 1. The van der Waals surface area contributed by atoms with Gasteiger partial charge in [-0.05, 0) is 31.7 Å². The maximum atomic E-state index is 12.6. The lowest BCUT2D eigenvalue weighted by Gasteiger charge is -2.26. The quantitative estimate of drug-likeness (QED) is 0.672. The summed E-state index contributed by atoms with van der Waals surface area (Å²) >= 11 is 0. The van der Waals surface area contributed by atoms with E-state index in [-0.39, 0.29) is 11.3 Å². The molecule has 0 bridgehead atoms. The van der Waals surface area contributed by atoms with Crippen LogP contribution in [-0.4, -0.2) is 62.1 Å². The van der Waals surface area contributed by atoms with Crippen molar-refractivity contribution in [1.82, 2.24) is 20.5 Å². The summed E-state index contributed by atoms with van der Waals surface area (Å²) in [7, 11) is 2.10. The monoisotopic (exact) mass is 303 g/mol. The first-order valence-corrected chi connectivity index (χ1v) is 7.94. The number of rotatable bonds is 5. The van der Waals surface area contributed by atoms with E-state index in [4.69, 9.17) is 0 Å². The third kappa shape index (κ3) is 2.94. The van der Waals surface area contributed by atoms with Crippen LogP contribution in [0.4, 0.5) is 5.82 Å². The maximum Gasteiger partial charge on any atom is 0.229 e. The van der Waals surface area contributed by atoms with E-state index in [1.807, 2.05) is 19.1 Å². The molecule has 1 aromatic heterocycles. The standard InChI is InChI=1S/C16H25N5O/c1-12-3-4-18-14(7-12)19-5-6-20-15(22)16-10-17-8-13(16)9-21(2)11-16/h3-4,7,13,17H,5-6,8-11H2,1-2H3,(H,18,19)(H,20,22)/t13-,16-/m0/s1. The highest BCUT2D eigenvalue weighted by atomic mass is 16.2. The minimum absolute atomic E-state index is 0.186. The summed E-state index contributed by atoms with van der Waals surface area (Å²) in [5.74, 6) is 1.48. The highest BCUT2D eigenvalue weighted by Gasteiger charge is 2.53. The molecular weight excluding hydrogens is 278 g/mol. The lowest BCUT2D eigenvalue weighted by atomic mass is 9.80. The molecule has 2 aliphatic rings. The molecule has 0 unspecified atom stereocenters. The minimum Gasteiger partial charge on any atom is -0.368 e. The number of aryl methyl sites for hydroxylation is 1. The largest absolute Gasteiger partial charge is 0.368 e. The van der Waals surface area contributed by atoms with Gasteiger partial charge in [-0.15, -0.1) is 0 Å². The Bertz CT molecular complexity index is 549. The number of anilines is 1. The Labute approximate surface area is 131 Å². The van der Waals surface area contributed by atoms with Gasteiger partial charge in [0.2, 0.25) is 5.91 Å². The van der Waals surface area contributed by atoms with Gasteiger partial charge in [-0.1, -0.05) is 0 Å². The second kappa shape index (κ2) is 6.22. The van der Waals surface area contributed by atoms with Crippen LogP contribution in [0, 0.1) is 18.3 Å². The molecule has 0 saturated carbocycles. The number of nitrogens with zero attached hydrogens (tertiary/aromatic N) is 2. The smallest absolute Gasteiger partial charge is 0.229 e. The fourth-order valence-corrected chi connectivity index (χ4v) is 3.67. The molecule has 2 aliphatic heterocycles. The number of carbonyl (C=O) groups is 1. The van der Waals surface area contributed by atoms with E-state index in [0.717, 1.165) is 32.0 Å². The molecule has 0 radical (unpaired) electrons. The summed E-state index contributed by atoms with van der Waals surface area (Å²) in [4.78, 5) is 19.2. The van der Waals surface area contributed by atoms with Gasteiger partial charge in [0, 0.05) is 51.4 Å². The summed E-state index contributed by atoms with van der Waals surface area (Å²) in [5.41, 5.74) is 0.936. The number of pyridine rings is 1. The van der Waals surface area contributed by atoms with Gasteiger partial charge in [-0.25, -0.2) is 4.98 Å². The lowest BCUT2D eigenvalue weighted by molar-refractivity contribution is -0.130. The van der Waals surface area contributed by atoms with E-state index >= 15 is 0 Å². The Morgan fingerprint density at radius 1 is 1.55 bits per heavy atom. The molecule has 0 aliphatic carbocycles. The molecule has 2 atom stereocenters. The fourth-order valence-electron chi connectivity index (χ4n) is 3.67. The molecule has 120 valence electrons. The van der Waals surface area contributed by atoms with Gasteiger partial charge in [0.05, 0.1) is 5.41 Å². The zero-order valence-electron chi connectivity index (χ0n) is 13.4. The Balaban J connectivity index is 1.48. The number of hydrogen-bond donors (Lipinski definition) is 3. The number of amides is 1. The molecule has 0 spiro atoms. The molecule has 3 N–H and O–H groups in total. The van der Waals surface area contributed by atoms with Crippen LogP contribution in [0.2, 0.25) is 0 Å². The van der Waals surface area contributed by atoms with E-state index in [2.05, 4.69) is 32.9 Å². The Hall–Kier alpha value is -1.66. The summed E-state index contributed by atoms with van der Waals surface area (Å²) in [5, 5.41) is 9.72. The average molecular weight is 303 g/mol. The van der Waals surface area contributed by atoms with E-state index in [0.29, 0.717) is 19.0 Å². The van der Waals surface area contributed by atoms with Crippen molar-refractivity contribution in [2.75, 3.05) is 51.6 Å². The van der Waals surface area contributed by atoms with Gasteiger partial charge in [0.25, 0.3) is 0 Å². The van der Waals surface area contributed by atoms with Gasteiger partial charge >= 0.3 is 0 Å². The SMILES string of the molecule is Cc1ccnc(NCCNC(=O)[C@]23CNC[C@H]2CN(C)C3)c1. The second-order valence-corrected chi connectivity index (χ2v) is 6.58. The third-order valence-electron chi connectivity index (χ3n) is 4.78. The molecule has 2 saturated heterocycles. The fraction of sp³-hybridized carbons (Fsp3) is 0.625. The Kier molecular flexibility index (Phi) is 4.31. The molecule has 6 nitrogen and oxygen atoms in total. The predicted octanol–water partition coefficient (Wildman–Crippen LogP) is 0.0693. The van der Waals surface area contributed by atoms with Crippen LogP contribution in [0.3, 0.4) is 0 Å². The van der Waals surface area contributed by atoms with Crippen LogP contribution in [0.1, 0.15) is 5.56 Å². The number of carbonyl (C=O) groups excluding carboxylic acids is 1. The summed E-state index contributed by atoms with van der Waals surface area (Å²) < 4.78 is 0. The van der Waals surface area contributed by atoms with Crippen LogP contribution >= 0.6 is 0 Å². The van der Waals surface area contributed by atoms with Crippen LogP contribution in [0.5, 0.6) is 0 Å². The van der Waals surface area contributed by atoms with Crippen molar-refractivity contribution >= 4 is 11.7 Å². The second-order valence-electron chi connectivity index (χ2n) is 6.58. The Morgan fingerprint density at radius 2 is 2.41 bits per heavy atom. The van der Waals surface area contributed by atoms with Gasteiger partial charge in [0.1, 0.15) is 5.82 Å². The third-order valence-corrected chi connectivity index (χ3v) is 4.78.